The maximum Gasteiger partial charge on any atom is 0.415 e. The molecule has 1 aromatic carbocycles. The number of amides is 1. The molecule has 4 rings (SSSR count). The topological polar surface area (TPSA) is 42.0 Å². The van der Waals surface area contributed by atoms with Crippen LogP contribution in [0.1, 0.15) is 32.1 Å². The summed E-state index contributed by atoms with van der Waals surface area (Å²) in [6, 6.07) is 8.01. The van der Waals surface area contributed by atoms with E-state index in [0.717, 1.165) is 64.1 Å². The number of carbonyl (C=O) groups excluding carboxylic acids is 1. The molecule has 1 amide bonds. The van der Waals surface area contributed by atoms with E-state index in [1.807, 2.05) is 24.3 Å². The molecule has 1 atom stereocenters. The van der Waals surface area contributed by atoms with Gasteiger partial charge in [-0.25, -0.2) is 4.79 Å². The third kappa shape index (κ3) is 3.64. The summed E-state index contributed by atoms with van der Waals surface area (Å²) in [6.45, 7) is 4.45. The lowest BCUT2D eigenvalue weighted by atomic mass is 9.94. The zero-order valence-electron chi connectivity index (χ0n) is 14.5. The molecule has 6 heteroatoms. The fourth-order valence-corrected chi connectivity index (χ4v) is 4.43. The van der Waals surface area contributed by atoms with Gasteiger partial charge in [0.1, 0.15) is 5.60 Å². The molecule has 3 aliphatic rings. The molecule has 25 heavy (non-hydrogen) atoms. The zero-order valence-corrected chi connectivity index (χ0v) is 15.2. The Morgan fingerprint density at radius 2 is 1.84 bits per heavy atom. The first kappa shape index (κ1) is 17.1. The van der Waals surface area contributed by atoms with E-state index < -0.39 is 0 Å². The van der Waals surface area contributed by atoms with Crippen molar-refractivity contribution in [2.75, 3.05) is 37.7 Å². The number of rotatable bonds is 2. The van der Waals surface area contributed by atoms with E-state index in [9.17, 15) is 4.79 Å². The Morgan fingerprint density at radius 3 is 2.60 bits per heavy atom. The van der Waals surface area contributed by atoms with Crippen molar-refractivity contribution in [3.63, 3.8) is 0 Å². The van der Waals surface area contributed by atoms with Gasteiger partial charge in [0.05, 0.1) is 6.54 Å². The summed E-state index contributed by atoms with van der Waals surface area (Å²) in [6.07, 6.45) is 4.90. The molecule has 136 valence electrons. The van der Waals surface area contributed by atoms with Crippen LogP contribution in [-0.4, -0.2) is 55.5 Å². The second kappa shape index (κ2) is 7.14. The molecule has 0 N–H and O–H groups in total. The third-order valence-corrected chi connectivity index (χ3v) is 6.00. The Balaban J connectivity index is 1.44. The summed E-state index contributed by atoms with van der Waals surface area (Å²) < 4.78 is 11.4. The minimum absolute atomic E-state index is 0.234. The van der Waals surface area contributed by atoms with Crippen molar-refractivity contribution in [2.45, 2.75) is 43.7 Å². The van der Waals surface area contributed by atoms with E-state index in [1.165, 1.54) is 0 Å². The predicted molar refractivity (Wildman–Crippen MR) is 97.3 cm³/mol. The number of halogens is 1. The van der Waals surface area contributed by atoms with Gasteiger partial charge in [-0.05, 0) is 56.5 Å². The van der Waals surface area contributed by atoms with E-state index >= 15 is 0 Å². The van der Waals surface area contributed by atoms with Crippen LogP contribution < -0.4 is 4.90 Å². The second-order valence-electron chi connectivity index (χ2n) is 7.35. The van der Waals surface area contributed by atoms with Crippen LogP contribution in [0.5, 0.6) is 0 Å². The van der Waals surface area contributed by atoms with Crippen LogP contribution in [0.3, 0.4) is 0 Å². The van der Waals surface area contributed by atoms with Gasteiger partial charge in [0.15, 0.2) is 0 Å². The lowest BCUT2D eigenvalue weighted by Gasteiger charge is -2.33. The molecule has 3 saturated heterocycles. The molecule has 3 fully saturated rings. The molecular weight excluding hydrogens is 340 g/mol. The number of benzene rings is 1. The maximum atomic E-state index is 12.5. The monoisotopic (exact) mass is 364 g/mol. The molecule has 1 spiro atoms. The van der Waals surface area contributed by atoms with Gasteiger partial charge in [0.25, 0.3) is 0 Å². The Bertz CT molecular complexity index is 618. The molecule has 0 aliphatic carbocycles. The minimum Gasteiger partial charge on any atom is -0.441 e. The molecule has 0 saturated carbocycles. The number of carbonyl (C=O) groups is 1. The number of hydrogen-bond acceptors (Lipinski definition) is 4. The molecular formula is C19H25ClN2O3. The number of anilines is 1. The lowest BCUT2D eigenvalue weighted by Crippen LogP contribution is -2.41. The van der Waals surface area contributed by atoms with Crippen LogP contribution in [0.25, 0.3) is 0 Å². The fraction of sp³-hybridized carbons (Fsp3) is 0.632. The Labute approximate surface area is 153 Å². The van der Waals surface area contributed by atoms with E-state index in [2.05, 4.69) is 4.90 Å². The summed E-state index contributed by atoms with van der Waals surface area (Å²) in [4.78, 5) is 16.8. The highest BCUT2D eigenvalue weighted by Crippen LogP contribution is 2.36. The molecule has 0 radical (unpaired) electrons. The van der Waals surface area contributed by atoms with Gasteiger partial charge in [-0.15, -0.1) is 0 Å². The molecule has 3 aliphatic heterocycles. The quantitative estimate of drug-likeness (QED) is 0.802. The van der Waals surface area contributed by atoms with E-state index in [1.54, 1.807) is 4.90 Å². The average molecular weight is 365 g/mol. The smallest absolute Gasteiger partial charge is 0.415 e. The standard InChI is InChI=1S/C19H25ClN2O3/c20-15-2-4-17(5-3-15)22-14-19(25-18(22)23)8-1-10-21(11-9-19)16-6-12-24-13-7-16/h2-5,16H,1,6-14H2. The summed E-state index contributed by atoms with van der Waals surface area (Å²) in [7, 11) is 0. The molecule has 1 aromatic rings. The van der Waals surface area contributed by atoms with Crippen LogP contribution in [0.4, 0.5) is 10.5 Å². The highest BCUT2D eigenvalue weighted by molar-refractivity contribution is 6.30. The van der Waals surface area contributed by atoms with Crippen LogP contribution in [0.15, 0.2) is 24.3 Å². The SMILES string of the molecule is O=C1OC2(CCCN(C3CCOCC3)CC2)CN1c1ccc(Cl)cc1. The van der Waals surface area contributed by atoms with E-state index in [-0.39, 0.29) is 11.7 Å². The molecule has 5 nitrogen and oxygen atoms in total. The van der Waals surface area contributed by atoms with Gasteiger partial charge in [-0.1, -0.05) is 11.6 Å². The van der Waals surface area contributed by atoms with Crippen LogP contribution in [-0.2, 0) is 9.47 Å². The first-order chi connectivity index (χ1) is 12.2. The van der Waals surface area contributed by atoms with Gasteiger partial charge in [0, 0.05) is 42.9 Å². The van der Waals surface area contributed by atoms with Gasteiger partial charge in [0.2, 0.25) is 0 Å². The Kier molecular flexibility index (Phi) is 4.89. The van der Waals surface area contributed by atoms with Crippen molar-refractivity contribution in [1.29, 1.82) is 0 Å². The van der Waals surface area contributed by atoms with Gasteiger partial charge in [-0.2, -0.15) is 0 Å². The van der Waals surface area contributed by atoms with Gasteiger partial charge < -0.3 is 14.4 Å². The second-order valence-corrected chi connectivity index (χ2v) is 7.78. The number of likely N-dealkylation sites (tertiary alicyclic amines) is 1. The van der Waals surface area contributed by atoms with E-state index in [4.69, 9.17) is 21.1 Å². The fourth-order valence-electron chi connectivity index (χ4n) is 4.31. The first-order valence-electron chi connectivity index (χ1n) is 9.23. The van der Waals surface area contributed by atoms with Crippen molar-refractivity contribution in [1.82, 2.24) is 4.90 Å². The van der Waals surface area contributed by atoms with Crippen molar-refractivity contribution in [3.8, 4) is 0 Å². The Morgan fingerprint density at radius 1 is 1.08 bits per heavy atom. The largest absolute Gasteiger partial charge is 0.441 e. The molecule has 0 aromatic heterocycles. The van der Waals surface area contributed by atoms with Gasteiger partial charge >= 0.3 is 6.09 Å². The van der Waals surface area contributed by atoms with Crippen LogP contribution in [0, 0.1) is 0 Å². The summed E-state index contributed by atoms with van der Waals surface area (Å²) in [5, 5.41) is 0.674. The van der Waals surface area contributed by atoms with Crippen molar-refractivity contribution < 1.29 is 14.3 Å². The number of nitrogens with zero attached hydrogens (tertiary/aromatic N) is 2. The highest BCUT2D eigenvalue weighted by Gasteiger charge is 2.46. The predicted octanol–water partition coefficient (Wildman–Crippen LogP) is 3.70. The molecule has 1 unspecified atom stereocenters. The Hall–Kier alpha value is -1.30. The summed E-state index contributed by atoms with van der Waals surface area (Å²) in [5.74, 6) is 0. The summed E-state index contributed by atoms with van der Waals surface area (Å²) in [5.41, 5.74) is 0.508. The molecule has 0 bridgehead atoms. The zero-order chi connectivity index (χ0) is 17.3. The van der Waals surface area contributed by atoms with Gasteiger partial charge in [-0.3, -0.25) is 4.90 Å². The first-order valence-corrected chi connectivity index (χ1v) is 9.61. The van der Waals surface area contributed by atoms with Crippen molar-refractivity contribution >= 4 is 23.4 Å². The minimum atomic E-state index is -0.351. The van der Waals surface area contributed by atoms with E-state index in [0.29, 0.717) is 17.6 Å². The maximum absolute atomic E-state index is 12.5. The van der Waals surface area contributed by atoms with Crippen molar-refractivity contribution in [2.24, 2.45) is 0 Å². The lowest BCUT2D eigenvalue weighted by molar-refractivity contribution is 0.0253. The number of ether oxygens (including phenoxy) is 2. The highest BCUT2D eigenvalue weighted by atomic mass is 35.5. The molecule has 3 heterocycles. The average Bonchev–Trinajstić information content (AvgIpc) is 2.82. The van der Waals surface area contributed by atoms with Crippen molar-refractivity contribution in [3.05, 3.63) is 29.3 Å². The summed E-state index contributed by atoms with van der Waals surface area (Å²) >= 11 is 5.96. The van der Waals surface area contributed by atoms with Crippen LogP contribution >= 0.6 is 11.6 Å². The third-order valence-electron chi connectivity index (χ3n) is 5.75. The normalized spacial score (nSPS) is 29.0. The van der Waals surface area contributed by atoms with Crippen LogP contribution in [0.2, 0.25) is 5.02 Å². The number of hydrogen-bond donors (Lipinski definition) is 0.